The summed E-state index contributed by atoms with van der Waals surface area (Å²) < 4.78 is 5.67. The molecule has 1 N–H and O–H groups in total. The van der Waals surface area contributed by atoms with Crippen LogP contribution < -0.4 is 4.74 Å². The molecule has 2 aromatic carbocycles. The molecule has 0 saturated heterocycles. The average molecular weight is 324 g/mol. The molecule has 1 unspecified atom stereocenters. The molecule has 1 amide bonds. The molecule has 0 aliphatic heterocycles. The van der Waals surface area contributed by atoms with Gasteiger partial charge in [0.1, 0.15) is 11.8 Å². The second kappa shape index (κ2) is 8.70. The molecule has 2 aromatic rings. The standard InChI is InChI=1S/C19H20N2O3/c1-15(24-18-10-6-5-9-17(18)13-20)19(23)21(11-12-22)14-16-7-3-2-4-8-16/h2-10,15,22H,11-12,14H2,1H3. The van der Waals surface area contributed by atoms with Gasteiger partial charge in [-0.1, -0.05) is 42.5 Å². The second-order valence-corrected chi connectivity index (χ2v) is 5.34. The largest absolute Gasteiger partial charge is 0.480 e. The highest BCUT2D eigenvalue weighted by Crippen LogP contribution is 2.19. The Hall–Kier alpha value is -2.84. The van der Waals surface area contributed by atoms with Gasteiger partial charge in [-0.15, -0.1) is 0 Å². The van der Waals surface area contributed by atoms with Crippen LogP contribution in [-0.4, -0.2) is 35.2 Å². The number of rotatable bonds is 7. The van der Waals surface area contributed by atoms with Crippen molar-refractivity contribution in [3.63, 3.8) is 0 Å². The van der Waals surface area contributed by atoms with E-state index in [0.29, 0.717) is 17.9 Å². The van der Waals surface area contributed by atoms with Crippen molar-refractivity contribution < 1.29 is 14.6 Å². The van der Waals surface area contributed by atoms with Crippen molar-refractivity contribution in [2.45, 2.75) is 19.6 Å². The van der Waals surface area contributed by atoms with E-state index >= 15 is 0 Å². The summed E-state index contributed by atoms with van der Waals surface area (Å²) in [7, 11) is 0. The first-order valence-electron chi connectivity index (χ1n) is 7.75. The zero-order valence-corrected chi connectivity index (χ0v) is 13.6. The number of aliphatic hydroxyl groups is 1. The molecule has 0 aliphatic carbocycles. The number of nitriles is 1. The zero-order chi connectivity index (χ0) is 17.4. The number of carbonyl (C=O) groups excluding carboxylic acids is 1. The first-order chi connectivity index (χ1) is 11.7. The number of aliphatic hydroxyl groups excluding tert-OH is 1. The topological polar surface area (TPSA) is 73.6 Å². The van der Waals surface area contributed by atoms with E-state index in [-0.39, 0.29) is 19.1 Å². The lowest BCUT2D eigenvalue weighted by atomic mass is 10.2. The van der Waals surface area contributed by atoms with E-state index in [1.54, 1.807) is 36.1 Å². The van der Waals surface area contributed by atoms with Gasteiger partial charge in [0.2, 0.25) is 0 Å². The summed E-state index contributed by atoms with van der Waals surface area (Å²) in [6.07, 6.45) is -0.755. The van der Waals surface area contributed by atoms with E-state index < -0.39 is 6.10 Å². The van der Waals surface area contributed by atoms with Crippen LogP contribution in [0.4, 0.5) is 0 Å². The van der Waals surface area contributed by atoms with Crippen molar-refractivity contribution in [1.82, 2.24) is 4.90 Å². The van der Waals surface area contributed by atoms with E-state index in [1.165, 1.54) is 0 Å². The van der Waals surface area contributed by atoms with Crippen LogP contribution in [0.25, 0.3) is 0 Å². The maximum Gasteiger partial charge on any atom is 0.263 e. The number of hydrogen-bond donors (Lipinski definition) is 1. The molecule has 24 heavy (non-hydrogen) atoms. The minimum atomic E-state index is -0.755. The Morgan fingerprint density at radius 3 is 2.54 bits per heavy atom. The van der Waals surface area contributed by atoms with Crippen LogP contribution in [0.3, 0.4) is 0 Å². The van der Waals surface area contributed by atoms with Gasteiger partial charge in [-0.05, 0) is 24.6 Å². The van der Waals surface area contributed by atoms with Crippen LogP contribution in [0, 0.1) is 11.3 Å². The molecule has 5 nitrogen and oxygen atoms in total. The fourth-order valence-electron chi connectivity index (χ4n) is 2.35. The second-order valence-electron chi connectivity index (χ2n) is 5.34. The third kappa shape index (κ3) is 4.58. The molecular formula is C19H20N2O3. The van der Waals surface area contributed by atoms with Gasteiger partial charge in [0.25, 0.3) is 5.91 Å². The lowest BCUT2D eigenvalue weighted by molar-refractivity contribution is -0.139. The smallest absolute Gasteiger partial charge is 0.263 e. The summed E-state index contributed by atoms with van der Waals surface area (Å²) >= 11 is 0. The predicted molar refractivity (Wildman–Crippen MR) is 90.2 cm³/mol. The molecule has 2 rings (SSSR count). The van der Waals surface area contributed by atoms with Gasteiger partial charge < -0.3 is 14.7 Å². The van der Waals surface area contributed by atoms with Crippen LogP contribution in [0.2, 0.25) is 0 Å². The molecule has 0 heterocycles. The normalized spacial score (nSPS) is 11.4. The molecule has 0 saturated carbocycles. The van der Waals surface area contributed by atoms with Gasteiger partial charge in [-0.2, -0.15) is 5.26 Å². The number of ether oxygens (including phenoxy) is 1. The Morgan fingerprint density at radius 1 is 1.21 bits per heavy atom. The van der Waals surface area contributed by atoms with E-state index in [9.17, 15) is 9.90 Å². The van der Waals surface area contributed by atoms with Crippen LogP contribution >= 0.6 is 0 Å². The van der Waals surface area contributed by atoms with E-state index in [0.717, 1.165) is 5.56 Å². The fourth-order valence-corrected chi connectivity index (χ4v) is 2.35. The van der Waals surface area contributed by atoms with Crippen LogP contribution in [0.5, 0.6) is 5.75 Å². The van der Waals surface area contributed by atoms with Crippen molar-refractivity contribution in [1.29, 1.82) is 5.26 Å². The lowest BCUT2D eigenvalue weighted by Gasteiger charge is -2.25. The third-order valence-electron chi connectivity index (χ3n) is 3.56. The average Bonchev–Trinajstić information content (AvgIpc) is 2.62. The molecule has 0 aliphatic rings. The van der Waals surface area contributed by atoms with Crippen molar-refractivity contribution in [3.8, 4) is 11.8 Å². The van der Waals surface area contributed by atoms with Gasteiger partial charge in [-0.3, -0.25) is 4.79 Å². The minimum absolute atomic E-state index is 0.125. The summed E-state index contributed by atoms with van der Waals surface area (Å²) in [4.78, 5) is 14.2. The van der Waals surface area contributed by atoms with Crippen molar-refractivity contribution >= 4 is 5.91 Å². The minimum Gasteiger partial charge on any atom is -0.480 e. The summed E-state index contributed by atoms with van der Waals surface area (Å²) in [6, 6.07) is 18.4. The van der Waals surface area contributed by atoms with Crippen molar-refractivity contribution in [2.24, 2.45) is 0 Å². The number of carbonyl (C=O) groups is 1. The van der Waals surface area contributed by atoms with E-state index in [1.807, 2.05) is 36.4 Å². The van der Waals surface area contributed by atoms with Crippen molar-refractivity contribution in [3.05, 3.63) is 65.7 Å². The summed E-state index contributed by atoms with van der Waals surface area (Å²) in [5.74, 6) is 0.144. The van der Waals surface area contributed by atoms with Crippen LogP contribution in [-0.2, 0) is 11.3 Å². The predicted octanol–water partition coefficient (Wildman–Crippen LogP) is 2.35. The van der Waals surface area contributed by atoms with Gasteiger partial charge >= 0.3 is 0 Å². The Morgan fingerprint density at radius 2 is 1.88 bits per heavy atom. The maximum absolute atomic E-state index is 12.6. The summed E-state index contributed by atoms with van der Waals surface area (Å²) in [5.41, 5.74) is 1.36. The molecule has 0 fully saturated rings. The zero-order valence-electron chi connectivity index (χ0n) is 13.6. The maximum atomic E-state index is 12.6. The number of benzene rings is 2. The molecule has 0 bridgehead atoms. The number of para-hydroxylation sites is 1. The molecule has 5 heteroatoms. The van der Waals surface area contributed by atoms with Crippen LogP contribution in [0.15, 0.2) is 54.6 Å². The van der Waals surface area contributed by atoms with Crippen LogP contribution in [0.1, 0.15) is 18.1 Å². The summed E-state index contributed by atoms with van der Waals surface area (Å²) in [5, 5.41) is 18.3. The molecular weight excluding hydrogens is 304 g/mol. The SMILES string of the molecule is CC(Oc1ccccc1C#N)C(=O)N(CCO)Cc1ccccc1. The molecule has 124 valence electrons. The number of nitrogens with zero attached hydrogens (tertiary/aromatic N) is 2. The van der Waals surface area contributed by atoms with Gasteiger partial charge in [0.15, 0.2) is 6.10 Å². The molecule has 1 atom stereocenters. The van der Waals surface area contributed by atoms with Gasteiger partial charge in [0.05, 0.1) is 12.2 Å². The monoisotopic (exact) mass is 324 g/mol. The number of amides is 1. The third-order valence-corrected chi connectivity index (χ3v) is 3.56. The first kappa shape index (κ1) is 17.5. The fraction of sp³-hybridized carbons (Fsp3) is 0.263. The Kier molecular flexibility index (Phi) is 6.35. The summed E-state index contributed by atoms with van der Waals surface area (Å²) in [6.45, 7) is 2.14. The van der Waals surface area contributed by atoms with E-state index in [4.69, 9.17) is 10.00 Å². The molecule has 0 spiro atoms. The highest BCUT2D eigenvalue weighted by molar-refractivity contribution is 5.81. The van der Waals surface area contributed by atoms with Crippen molar-refractivity contribution in [2.75, 3.05) is 13.2 Å². The van der Waals surface area contributed by atoms with E-state index in [2.05, 4.69) is 0 Å². The number of hydrogen-bond acceptors (Lipinski definition) is 4. The molecule has 0 aromatic heterocycles. The van der Waals surface area contributed by atoms with Gasteiger partial charge in [0, 0.05) is 13.1 Å². The molecule has 0 radical (unpaired) electrons. The highest BCUT2D eigenvalue weighted by Gasteiger charge is 2.22. The Labute approximate surface area is 141 Å². The lowest BCUT2D eigenvalue weighted by Crippen LogP contribution is -2.41. The quantitative estimate of drug-likeness (QED) is 0.848. The van der Waals surface area contributed by atoms with Gasteiger partial charge in [-0.25, -0.2) is 0 Å². The first-order valence-corrected chi connectivity index (χ1v) is 7.75. The Balaban J connectivity index is 2.09. The Bertz CT molecular complexity index is 710. The highest BCUT2D eigenvalue weighted by atomic mass is 16.5.